The molecule has 0 fully saturated rings. The summed E-state index contributed by atoms with van der Waals surface area (Å²) in [4.78, 5) is 4.21. The van der Waals surface area contributed by atoms with E-state index < -0.39 is 0 Å². The van der Waals surface area contributed by atoms with Crippen molar-refractivity contribution in [2.45, 2.75) is 6.42 Å². The highest BCUT2D eigenvalue weighted by atomic mass is 79.9. The standard InChI is InChI=1S/C16H12BrNOS/c17-15-11-20-16(18-15)19-14-8-6-13(7-9-14)10-12-4-2-1-3-5-12/h1-9,11H,10H2. The average Bonchev–Trinajstić information content (AvgIpc) is 2.88. The summed E-state index contributed by atoms with van der Waals surface area (Å²) < 4.78 is 6.49. The van der Waals surface area contributed by atoms with Gasteiger partial charge in [-0.05, 0) is 45.6 Å². The molecule has 2 nitrogen and oxygen atoms in total. The molecule has 0 spiro atoms. The van der Waals surface area contributed by atoms with Crippen molar-refractivity contribution in [1.82, 2.24) is 4.98 Å². The number of benzene rings is 2. The molecule has 0 bridgehead atoms. The van der Waals surface area contributed by atoms with E-state index in [1.165, 1.54) is 22.5 Å². The summed E-state index contributed by atoms with van der Waals surface area (Å²) in [6.45, 7) is 0. The fourth-order valence-electron chi connectivity index (χ4n) is 1.89. The van der Waals surface area contributed by atoms with Crippen LogP contribution in [0.25, 0.3) is 0 Å². The zero-order valence-corrected chi connectivity index (χ0v) is 13.0. The van der Waals surface area contributed by atoms with Crippen molar-refractivity contribution in [2.75, 3.05) is 0 Å². The molecule has 4 heteroatoms. The molecule has 0 aliphatic heterocycles. The molecule has 0 saturated heterocycles. The Bertz CT molecular complexity index is 679. The van der Waals surface area contributed by atoms with Gasteiger partial charge in [0.2, 0.25) is 0 Å². The normalized spacial score (nSPS) is 10.4. The minimum atomic E-state index is 0.646. The summed E-state index contributed by atoms with van der Waals surface area (Å²) in [5.74, 6) is 0.809. The Morgan fingerprint density at radius 3 is 2.30 bits per heavy atom. The highest BCUT2D eigenvalue weighted by Gasteiger charge is 2.03. The van der Waals surface area contributed by atoms with Gasteiger partial charge in [-0.2, -0.15) is 4.98 Å². The quantitative estimate of drug-likeness (QED) is 0.640. The van der Waals surface area contributed by atoms with Crippen molar-refractivity contribution in [3.8, 4) is 10.9 Å². The van der Waals surface area contributed by atoms with Gasteiger partial charge in [-0.1, -0.05) is 53.8 Å². The van der Waals surface area contributed by atoms with Crippen LogP contribution >= 0.6 is 27.3 Å². The SMILES string of the molecule is Brc1csc(Oc2ccc(Cc3ccccc3)cc2)n1. The smallest absolute Gasteiger partial charge is 0.279 e. The molecular formula is C16H12BrNOS. The first kappa shape index (κ1) is 13.3. The van der Waals surface area contributed by atoms with Crippen molar-refractivity contribution >= 4 is 27.3 Å². The number of ether oxygens (including phenoxy) is 1. The van der Waals surface area contributed by atoms with Crippen molar-refractivity contribution in [2.24, 2.45) is 0 Å². The van der Waals surface area contributed by atoms with E-state index in [1.54, 1.807) is 0 Å². The highest BCUT2D eigenvalue weighted by Crippen LogP contribution is 2.27. The molecule has 0 unspecified atom stereocenters. The lowest BCUT2D eigenvalue weighted by molar-refractivity contribution is 0.478. The number of halogens is 1. The van der Waals surface area contributed by atoms with Gasteiger partial charge in [0.1, 0.15) is 10.4 Å². The van der Waals surface area contributed by atoms with Gasteiger partial charge in [0, 0.05) is 5.38 Å². The molecule has 0 aliphatic carbocycles. The van der Waals surface area contributed by atoms with E-state index >= 15 is 0 Å². The number of thiazole rings is 1. The third-order valence-electron chi connectivity index (χ3n) is 2.83. The Kier molecular flexibility index (Phi) is 4.14. The highest BCUT2D eigenvalue weighted by molar-refractivity contribution is 9.10. The zero-order chi connectivity index (χ0) is 13.8. The molecule has 0 saturated carbocycles. The zero-order valence-electron chi connectivity index (χ0n) is 10.6. The molecule has 0 atom stereocenters. The maximum absolute atomic E-state index is 5.68. The van der Waals surface area contributed by atoms with Crippen LogP contribution in [0.4, 0.5) is 0 Å². The Balaban J connectivity index is 1.68. The largest absolute Gasteiger partial charge is 0.431 e. The molecule has 0 radical (unpaired) electrons. The van der Waals surface area contributed by atoms with Crippen LogP contribution in [-0.2, 0) is 6.42 Å². The third kappa shape index (κ3) is 3.46. The minimum absolute atomic E-state index is 0.646. The van der Waals surface area contributed by atoms with E-state index in [9.17, 15) is 0 Å². The van der Waals surface area contributed by atoms with Crippen molar-refractivity contribution in [1.29, 1.82) is 0 Å². The monoisotopic (exact) mass is 345 g/mol. The molecule has 20 heavy (non-hydrogen) atoms. The molecule has 1 aromatic heterocycles. The van der Waals surface area contributed by atoms with Crippen LogP contribution in [0.15, 0.2) is 64.6 Å². The van der Waals surface area contributed by atoms with Gasteiger partial charge in [0.25, 0.3) is 5.19 Å². The van der Waals surface area contributed by atoms with E-state index in [4.69, 9.17) is 4.74 Å². The molecule has 0 aliphatic rings. The van der Waals surface area contributed by atoms with E-state index in [1.807, 2.05) is 23.6 Å². The summed E-state index contributed by atoms with van der Waals surface area (Å²) in [6, 6.07) is 18.6. The predicted molar refractivity (Wildman–Crippen MR) is 85.6 cm³/mol. The number of nitrogens with zero attached hydrogens (tertiary/aromatic N) is 1. The third-order valence-corrected chi connectivity index (χ3v) is 4.26. The minimum Gasteiger partial charge on any atom is -0.431 e. The second-order valence-corrected chi connectivity index (χ2v) is 5.98. The maximum Gasteiger partial charge on any atom is 0.279 e. The van der Waals surface area contributed by atoms with E-state index in [2.05, 4.69) is 57.3 Å². The van der Waals surface area contributed by atoms with Gasteiger partial charge in [0.05, 0.1) is 0 Å². The fraction of sp³-hybridized carbons (Fsp3) is 0.0625. The molecule has 1 heterocycles. The van der Waals surface area contributed by atoms with Gasteiger partial charge in [-0.25, -0.2) is 0 Å². The summed E-state index contributed by atoms with van der Waals surface area (Å²) in [5.41, 5.74) is 2.58. The van der Waals surface area contributed by atoms with Crippen LogP contribution in [0, 0.1) is 0 Å². The van der Waals surface area contributed by atoms with Crippen LogP contribution in [0.3, 0.4) is 0 Å². The molecule has 3 rings (SSSR count). The van der Waals surface area contributed by atoms with Crippen molar-refractivity contribution in [3.63, 3.8) is 0 Å². The van der Waals surface area contributed by atoms with Gasteiger partial charge < -0.3 is 4.74 Å². The maximum atomic E-state index is 5.68. The second-order valence-electron chi connectivity index (χ2n) is 4.34. The number of hydrogen-bond acceptors (Lipinski definition) is 3. The van der Waals surface area contributed by atoms with E-state index in [-0.39, 0.29) is 0 Å². The summed E-state index contributed by atoms with van der Waals surface area (Å²) in [6.07, 6.45) is 0.934. The Labute approximate surface area is 130 Å². The van der Waals surface area contributed by atoms with Crippen molar-refractivity contribution in [3.05, 3.63) is 75.7 Å². The van der Waals surface area contributed by atoms with E-state index in [0.717, 1.165) is 16.8 Å². The first-order chi connectivity index (χ1) is 9.79. The molecule has 2 aromatic carbocycles. The van der Waals surface area contributed by atoms with Crippen LogP contribution in [-0.4, -0.2) is 4.98 Å². The number of hydrogen-bond donors (Lipinski definition) is 0. The van der Waals surface area contributed by atoms with Gasteiger partial charge in [0.15, 0.2) is 0 Å². The van der Waals surface area contributed by atoms with Crippen LogP contribution < -0.4 is 4.74 Å². The first-order valence-corrected chi connectivity index (χ1v) is 7.88. The van der Waals surface area contributed by atoms with Gasteiger partial charge >= 0.3 is 0 Å². The number of aromatic nitrogens is 1. The molecule has 0 N–H and O–H groups in total. The van der Waals surface area contributed by atoms with E-state index in [0.29, 0.717) is 5.19 Å². The van der Waals surface area contributed by atoms with Crippen LogP contribution in [0.2, 0.25) is 0 Å². The fourth-order valence-corrected chi connectivity index (χ4v) is 3.00. The Hall–Kier alpha value is -1.65. The molecule has 0 amide bonds. The molecule has 100 valence electrons. The summed E-state index contributed by atoms with van der Waals surface area (Å²) >= 11 is 4.78. The van der Waals surface area contributed by atoms with Crippen LogP contribution in [0.5, 0.6) is 10.9 Å². The van der Waals surface area contributed by atoms with Gasteiger partial charge in [-0.3, -0.25) is 0 Å². The summed E-state index contributed by atoms with van der Waals surface area (Å²) in [7, 11) is 0. The lowest BCUT2D eigenvalue weighted by Crippen LogP contribution is -1.88. The van der Waals surface area contributed by atoms with Crippen molar-refractivity contribution < 1.29 is 4.74 Å². The predicted octanol–water partition coefficient (Wildman–Crippen LogP) is 5.29. The first-order valence-electron chi connectivity index (χ1n) is 6.21. The molecular weight excluding hydrogens is 334 g/mol. The second kappa shape index (κ2) is 6.20. The topological polar surface area (TPSA) is 22.1 Å². The summed E-state index contributed by atoms with van der Waals surface area (Å²) in [5, 5.41) is 2.55. The lowest BCUT2D eigenvalue weighted by Gasteiger charge is -2.04. The Morgan fingerprint density at radius 1 is 0.950 bits per heavy atom. The van der Waals surface area contributed by atoms with Crippen LogP contribution in [0.1, 0.15) is 11.1 Å². The number of rotatable bonds is 4. The van der Waals surface area contributed by atoms with Gasteiger partial charge in [-0.15, -0.1) is 0 Å². The molecule has 3 aromatic rings. The Morgan fingerprint density at radius 2 is 1.65 bits per heavy atom. The average molecular weight is 346 g/mol. The lowest BCUT2D eigenvalue weighted by atomic mass is 10.1.